The number of nitriles is 1. The number of anilines is 1. The molecule has 1 fully saturated rings. The summed E-state index contributed by atoms with van der Waals surface area (Å²) in [6, 6.07) is 1.57. The minimum Gasteiger partial charge on any atom is -0.465 e. The molecule has 0 radical (unpaired) electrons. The van der Waals surface area contributed by atoms with Crippen molar-refractivity contribution in [2.45, 2.75) is 29.7 Å². The van der Waals surface area contributed by atoms with Gasteiger partial charge in [-0.05, 0) is 25.0 Å². The number of nitrogens with two attached hydrogens (primary N) is 1. The zero-order valence-corrected chi connectivity index (χ0v) is 21.1. The van der Waals surface area contributed by atoms with Gasteiger partial charge < -0.3 is 10.8 Å². The summed E-state index contributed by atoms with van der Waals surface area (Å²) in [6.45, 7) is -0.392. The van der Waals surface area contributed by atoms with Gasteiger partial charge in [-0.3, -0.25) is 14.7 Å². The van der Waals surface area contributed by atoms with Crippen molar-refractivity contribution >= 4 is 62.6 Å². The lowest BCUT2D eigenvalue weighted by atomic mass is 9.94. The number of benzene rings is 1. The Morgan fingerprint density at radius 3 is 2.24 bits per heavy atom. The quantitative estimate of drug-likeness (QED) is 0.301. The lowest BCUT2D eigenvalue weighted by molar-refractivity contribution is -0.120. The molecule has 1 aliphatic carbocycles. The van der Waals surface area contributed by atoms with Crippen molar-refractivity contribution in [1.29, 1.82) is 5.26 Å². The second kappa shape index (κ2) is 7.93. The molecule has 9 nitrogen and oxygen atoms in total. The number of amides is 2. The molecule has 2 heterocycles. The summed E-state index contributed by atoms with van der Waals surface area (Å²) >= 11 is 13.0. The lowest BCUT2D eigenvalue weighted by Gasteiger charge is -2.40. The van der Waals surface area contributed by atoms with Crippen LogP contribution in [-0.4, -0.2) is 31.9 Å². The number of thiazole rings is 1. The molecule has 3 aromatic rings. The Bertz CT molecular complexity index is 1480. The molecular weight excluding hydrogens is 590 g/mol. The van der Waals surface area contributed by atoms with Crippen LogP contribution in [0.25, 0.3) is 5.69 Å². The number of hydrogen-bond donors (Lipinski definition) is 2. The number of carbonyl (C=O) groups excluding carboxylic acids is 1. The standard InChI is InChI=1S/C19H13Cl2F5N6O3S2/c20-11-3-10(37(22,23,24,25)26)4-12(21)15(11)32-16(31(18(34)35)7-9-6-29-8-36-9)14(13(5-27)30-32)19(1-2-19)17(28)33/h3-4,6,8H,1-2,7H2,(H2,28,33)(H,34,35). The van der Waals surface area contributed by atoms with Crippen molar-refractivity contribution in [1.82, 2.24) is 14.8 Å². The summed E-state index contributed by atoms with van der Waals surface area (Å²) in [6.07, 6.45) is -0.0318. The molecule has 37 heavy (non-hydrogen) atoms. The van der Waals surface area contributed by atoms with Crippen LogP contribution in [0.5, 0.6) is 0 Å². The monoisotopic (exact) mass is 602 g/mol. The number of halogens is 7. The van der Waals surface area contributed by atoms with Crippen molar-refractivity contribution in [3.05, 3.63) is 50.0 Å². The van der Waals surface area contributed by atoms with Crippen LogP contribution in [0.4, 0.5) is 30.0 Å². The number of primary amides is 1. The molecule has 3 N–H and O–H groups in total. The molecular formula is C19H13Cl2F5N6O3S2. The van der Waals surface area contributed by atoms with Crippen molar-refractivity contribution in [3.63, 3.8) is 0 Å². The van der Waals surface area contributed by atoms with Crippen LogP contribution < -0.4 is 10.6 Å². The van der Waals surface area contributed by atoms with Crippen LogP contribution in [-0.2, 0) is 16.8 Å². The molecule has 18 heteroatoms. The van der Waals surface area contributed by atoms with Gasteiger partial charge in [0, 0.05) is 16.6 Å². The minimum absolute atomic E-state index is 0.0726. The van der Waals surface area contributed by atoms with Gasteiger partial charge in [0.25, 0.3) is 0 Å². The largest absolute Gasteiger partial charge is 0.465 e. The van der Waals surface area contributed by atoms with E-state index in [-0.39, 0.29) is 30.5 Å². The fourth-order valence-corrected chi connectivity index (χ4v) is 5.79. The lowest BCUT2D eigenvalue weighted by Crippen LogP contribution is -2.35. The fourth-order valence-electron chi connectivity index (χ4n) is 3.75. The van der Waals surface area contributed by atoms with Crippen LogP contribution in [0.1, 0.15) is 29.0 Å². The van der Waals surface area contributed by atoms with Gasteiger partial charge in [-0.25, -0.2) is 9.48 Å². The van der Waals surface area contributed by atoms with E-state index in [0.29, 0.717) is 14.5 Å². The number of nitrogens with zero attached hydrogens (tertiary/aromatic N) is 5. The first kappa shape index (κ1) is 26.9. The maximum atomic E-state index is 13.4. The highest BCUT2D eigenvalue weighted by Gasteiger charge is 2.66. The Hall–Kier alpha value is -3.13. The summed E-state index contributed by atoms with van der Waals surface area (Å²) in [4.78, 5) is 27.3. The highest BCUT2D eigenvalue weighted by atomic mass is 35.5. The molecule has 1 aromatic carbocycles. The molecule has 0 spiro atoms. The van der Waals surface area contributed by atoms with Crippen LogP contribution >= 0.6 is 44.8 Å². The zero-order valence-electron chi connectivity index (χ0n) is 18.0. The smallest absolute Gasteiger partial charge is 0.413 e. The van der Waals surface area contributed by atoms with Crippen LogP contribution in [0.3, 0.4) is 0 Å². The van der Waals surface area contributed by atoms with Gasteiger partial charge in [0.2, 0.25) is 5.91 Å². The van der Waals surface area contributed by atoms with Gasteiger partial charge in [0.15, 0.2) is 5.69 Å². The Morgan fingerprint density at radius 1 is 1.24 bits per heavy atom. The topological polar surface area (TPSA) is 138 Å². The highest BCUT2D eigenvalue weighted by Crippen LogP contribution is 3.02. The molecule has 0 unspecified atom stereocenters. The van der Waals surface area contributed by atoms with E-state index in [1.807, 2.05) is 0 Å². The number of rotatable bonds is 7. The number of aromatic nitrogens is 3. The van der Waals surface area contributed by atoms with Gasteiger partial charge in [-0.2, -0.15) is 10.4 Å². The molecule has 198 valence electrons. The number of carboxylic acid groups (broad SMARTS) is 1. The third kappa shape index (κ3) is 4.79. The van der Waals surface area contributed by atoms with Crippen LogP contribution in [0, 0.1) is 11.3 Å². The first-order chi connectivity index (χ1) is 16.9. The average Bonchev–Trinajstić information content (AvgIpc) is 3.23. The molecule has 0 saturated heterocycles. The van der Waals surface area contributed by atoms with E-state index in [9.17, 15) is 39.4 Å². The molecule has 0 bridgehead atoms. The summed E-state index contributed by atoms with van der Waals surface area (Å²) in [5.41, 5.74) is 4.14. The number of hydrogen-bond acceptors (Lipinski definition) is 6. The SMILES string of the molecule is N#Cc1nn(-c2c(Cl)cc(S(F)(F)(F)(F)F)cc2Cl)c(N(Cc2cncs2)C(=O)O)c1C1(C(N)=O)CC1. The highest BCUT2D eigenvalue weighted by molar-refractivity contribution is 8.45. The Labute approximate surface area is 218 Å². The van der Waals surface area contributed by atoms with Crippen LogP contribution in [0.15, 0.2) is 28.7 Å². The molecule has 0 atom stereocenters. The Balaban J connectivity index is 2.06. The summed E-state index contributed by atoms with van der Waals surface area (Å²) < 4.78 is 67.7. The van der Waals surface area contributed by atoms with E-state index in [0.717, 1.165) is 11.3 Å². The van der Waals surface area contributed by atoms with E-state index in [1.165, 1.54) is 11.7 Å². The predicted octanol–water partition coefficient (Wildman–Crippen LogP) is 6.37. The first-order valence-electron chi connectivity index (χ1n) is 9.84. The second-order valence-corrected chi connectivity index (χ2v) is 12.3. The molecule has 2 aromatic heterocycles. The van der Waals surface area contributed by atoms with Crippen molar-refractivity contribution < 1.29 is 34.1 Å². The van der Waals surface area contributed by atoms with Gasteiger partial charge in [-0.1, -0.05) is 42.6 Å². The van der Waals surface area contributed by atoms with Gasteiger partial charge in [0.05, 0.1) is 27.5 Å². The second-order valence-electron chi connectivity index (χ2n) is 8.06. The van der Waals surface area contributed by atoms with E-state index in [4.69, 9.17) is 28.9 Å². The third-order valence-corrected chi connectivity index (χ3v) is 8.07. The summed E-state index contributed by atoms with van der Waals surface area (Å²) in [5.74, 6) is -1.36. The van der Waals surface area contributed by atoms with Gasteiger partial charge >= 0.3 is 16.3 Å². The molecule has 0 aliphatic heterocycles. The first-order valence-corrected chi connectivity index (χ1v) is 13.4. The van der Waals surface area contributed by atoms with Gasteiger partial charge in [-0.15, -0.1) is 11.3 Å². The maximum absolute atomic E-state index is 13.4. The van der Waals surface area contributed by atoms with Gasteiger partial charge in [0.1, 0.15) is 22.5 Å². The predicted molar refractivity (Wildman–Crippen MR) is 126 cm³/mol. The zero-order chi connectivity index (χ0) is 27.6. The molecule has 2 amide bonds. The van der Waals surface area contributed by atoms with Crippen molar-refractivity contribution in [3.8, 4) is 11.8 Å². The van der Waals surface area contributed by atoms with Crippen molar-refractivity contribution in [2.75, 3.05) is 4.90 Å². The van der Waals surface area contributed by atoms with E-state index in [2.05, 4.69) is 10.1 Å². The number of carbonyl (C=O) groups is 2. The summed E-state index contributed by atoms with van der Waals surface area (Å²) in [7, 11) is -10.2. The van der Waals surface area contributed by atoms with E-state index < -0.39 is 66.3 Å². The minimum atomic E-state index is -10.2. The Kier molecular flexibility index (Phi) is 5.77. The van der Waals surface area contributed by atoms with Crippen molar-refractivity contribution in [2.24, 2.45) is 5.73 Å². The van der Waals surface area contributed by atoms with Crippen LogP contribution in [0.2, 0.25) is 10.0 Å². The molecule has 1 aliphatic rings. The molecule has 4 rings (SSSR count). The van der Waals surface area contributed by atoms with E-state index in [1.54, 1.807) is 6.07 Å². The van der Waals surface area contributed by atoms with E-state index >= 15 is 0 Å². The summed E-state index contributed by atoms with van der Waals surface area (Å²) in [5, 5.41) is 21.8. The molecule has 1 saturated carbocycles. The third-order valence-electron chi connectivity index (χ3n) is 5.60. The fraction of sp³-hybridized carbons (Fsp3) is 0.211. The Morgan fingerprint density at radius 2 is 1.84 bits per heavy atom. The normalized spacial score (nSPS) is 16.4. The average molecular weight is 603 g/mol. The maximum Gasteiger partial charge on any atom is 0.413 e.